The van der Waals surface area contributed by atoms with Crippen molar-refractivity contribution in [1.29, 1.82) is 0 Å². The van der Waals surface area contributed by atoms with E-state index in [1.54, 1.807) is 14.0 Å². The van der Waals surface area contributed by atoms with Gasteiger partial charge in [0, 0.05) is 12.0 Å². The number of hydrogen-bond acceptors (Lipinski definition) is 3. The van der Waals surface area contributed by atoms with Gasteiger partial charge in [0.1, 0.15) is 5.75 Å². The Labute approximate surface area is 113 Å². The molecule has 0 aliphatic heterocycles. The Morgan fingerprint density at radius 2 is 2.17 bits per heavy atom. The van der Waals surface area contributed by atoms with Gasteiger partial charge in [0.25, 0.3) is 0 Å². The number of rotatable bonds is 4. The summed E-state index contributed by atoms with van der Waals surface area (Å²) < 4.78 is 9.56. The van der Waals surface area contributed by atoms with E-state index in [1.807, 2.05) is 25.1 Å². The van der Waals surface area contributed by atoms with Gasteiger partial charge in [-0.15, -0.1) is 11.6 Å². The van der Waals surface area contributed by atoms with Gasteiger partial charge in [-0.05, 0) is 31.0 Å². The molecule has 0 unspecified atom stereocenters. The lowest BCUT2D eigenvalue weighted by Gasteiger charge is -2.06. The SMILES string of the molecule is C=CC(=O)OCC.COc1cccc(CCl)c1C. The molecule has 100 valence electrons. The van der Waals surface area contributed by atoms with Crippen molar-refractivity contribution in [2.75, 3.05) is 13.7 Å². The minimum atomic E-state index is -0.359. The molecule has 18 heavy (non-hydrogen) atoms. The van der Waals surface area contributed by atoms with Crippen molar-refractivity contribution in [2.45, 2.75) is 19.7 Å². The maximum Gasteiger partial charge on any atom is 0.330 e. The highest BCUT2D eigenvalue weighted by Gasteiger charge is 2.01. The first-order chi connectivity index (χ1) is 8.60. The van der Waals surface area contributed by atoms with Crippen LogP contribution in [0.3, 0.4) is 0 Å². The molecule has 0 N–H and O–H groups in total. The van der Waals surface area contributed by atoms with Crippen molar-refractivity contribution >= 4 is 17.6 Å². The third kappa shape index (κ3) is 5.73. The van der Waals surface area contributed by atoms with Crippen molar-refractivity contribution in [1.82, 2.24) is 0 Å². The zero-order valence-electron chi connectivity index (χ0n) is 11.0. The molecule has 0 radical (unpaired) electrons. The van der Waals surface area contributed by atoms with Crippen molar-refractivity contribution in [2.24, 2.45) is 0 Å². The van der Waals surface area contributed by atoms with E-state index in [9.17, 15) is 4.79 Å². The van der Waals surface area contributed by atoms with E-state index in [0.717, 1.165) is 23.0 Å². The molecule has 0 heterocycles. The van der Waals surface area contributed by atoms with Gasteiger partial charge in [0.2, 0.25) is 0 Å². The fourth-order valence-electron chi connectivity index (χ4n) is 1.23. The molecule has 0 aliphatic carbocycles. The Hall–Kier alpha value is -1.48. The van der Waals surface area contributed by atoms with E-state index in [0.29, 0.717) is 12.5 Å². The zero-order chi connectivity index (χ0) is 14.0. The van der Waals surface area contributed by atoms with Gasteiger partial charge in [-0.1, -0.05) is 18.7 Å². The molecule has 0 atom stereocenters. The van der Waals surface area contributed by atoms with Crippen LogP contribution in [0.25, 0.3) is 0 Å². The molecule has 4 heteroatoms. The van der Waals surface area contributed by atoms with Gasteiger partial charge in [-0.25, -0.2) is 4.79 Å². The summed E-state index contributed by atoms with van der Waals surface area (Å²) in [4.78, 5) is 10.1. The third-order valence-corrected chi connectivity index (χ3v) is 2.50. The largest absolute Gasteiger partial charge is 0.496 e. The van der Waals surface area contributed by atoms with Gasteiger partial charge in [0.05, 0.1) is 13.7 Å². The molecule has 0 amide bonds. The second-order valence-corrected chi connectivity index (χ2v) is 3.60. The van der Waals surface area contributed by atoms with Crippen LogP contribution in [-0.4, -0.2) is 19.7 Å². The highest BCUT2D eigenvalue weighted by Crippen LogP contribution is 2.21. The Bertz CT molecular complexity index is 366. The number of alkyl halides is 1. The van der Waals surface area contributed by atoms with Gasteiger partial charge >= 0.3 is 5.97 Å². The first-order valence-corrected chi connectivity index (χ1v) is 6.11. The first kappa shape index (κ1) is 16.5. The highest BCUT2D eigenvalue weighted by atomic mass is 35.5. The lowest BCUT2D eigenvalue weighted by atomic mass is 10.1. The summed E-state index contributed by atoms with van der Waals surface area (Å²) in [5, 5.41) is 0. The second-order valence-electron chi connectivity index (χ2n) is 3.33. The number of carbonyl (C=O) groups excluding carboxylic acids is 1. The Balaban J connectivity index is 0.000000360. The Morgan fingerprint density at radius 3 is 2.56 bits per heavy atom. The minimum Gasteiger partial charge on any atom is -0.496 e. The lowest BCUT2D eigenvalue weighted by Crippen LogP contribution is -1.97. The van der Waals surface area contributed by atoms with Gasteiger partial charge in [-0.2, -0.15) is 0 Å². The topological polar surface area (TPSA) is 35.5 Å². The number of carbonyl (C=O) groups is 1. The average Bonchev–Trinajstić information content (AvgIpc) is 2.40. The van der Waals surface area contributed by atoms with E-state index in [1.165, 1.54) is 0 Å². The average molecular weight is 271 g/mol. The summed E-state index contributed by atoms with van der Waals surface area (Å²) in [5.41, 5.74) is 2.26. The smallest absolute Gasteiger partial charge is 0.330 e. The maximum atomic E-state index is 10.1. The maximum absolute atomic E-state index is 10.1. The quantitative estimate of drug-likeness (QED) is 0.477. The Morgan fingerprint density at radius 1 is 1.50 bits per heavy atom. The number of benzene rings is 1. The first-order valence-electron chi connectivity index (χ1n) is 5.58. The molecule has 1 aromatic carbocycles. The molecule has 1 aromatic rings. The molecule has 0 saturated carbocycles. The summed E-state index contributed by atoms with van der Waals surface area (Å²) in [6.07, 6.45) is 1.14. The van der Waals surface area contributed by atoms with Crippen molar-refractivity contribution in [3.63, 3.8) is 0 Å². The number of halogens is 1. The van der Waals surface area contributed by atoms with Crippen LogP contribution in [0, 0.1) is 6.92 Å². The van der Waals surface area contributed by atoms with Crippen molar-refractivity contribution < 1.29 is 14.3 Å². The lowest BCUT2D eigenvalue weighted by molar-refractivity contribution is -0.137. The van der Waals surface area contributed by atoms with Crippen LogP contribution >= 0.6 is 11.6 Å². The number of esters is 1. The monoisotopic (exact) mass is 270 g/mol. The summed E-state index contributed by atoms with van der Waals surface area (Å²) >= 11 is 5.71. The van der Waals surface area contributed by atoms with E-state index in [-0.39, 0.29) is 5.97 Å². The standard InChI is InChI=1S/C9H11ClO.C5H8O2/c1-7-8(6-10)4-3-5-9(7)11-2;1-3-5(6)7-4-2/h3-5H,6H2,1-2H3;3H,1,4H2,2H3. The van der Waals surface area contributed by atoms with E-state index < -0.39 is 0 Å². The van der Waals surface area contributed by atoms with Crippen LogP contribution in [0.4, 0.5) is 0 Å². The van der Waals surface area contributed by atoms with Gasteiger partial charge in [0.15, 0.2) is 0 Å². The summed E-state index contributed by atoms with van der Waals surface area (Å²) in [7, 11) is 1.67. The highest BCUT2D eigenvalue weighted by molar-refractivity contribution is 6.17. The molecule has 0 aliphatic rings. The summed E-state index contributed by atoms with van der Waals surface area (Å²) in [6, 6.07) is 5.89. The third-order valence-electron chi connectivity index (χ3n) is 2.21. The van der Waals surface area contributed by atoms with Crippen LogP contribution < -0.4 is 4.74 Å². The molecule has 0 bridgehead atoms. The predicted molar refractivity (Wildman–Crippen MR) is 74.1 cm³/mol. The Kier molecular flexibility index (Phi) is 8.76. The molecule has 1 rings (SSSR count). The molecular formula is C14H19ClO3. The van der Waals surface area contributed by atoms with Gasteiger partial charge < -0.3 is 9.47 Å². The van der Waals surface area contributed by atoms with Crippen LogP contribution in [0.5, 0.6) is 5.75 Å². The van der Waals surface area contributed by atoms with E-state index >= 15 is 0 Å². The van der Waals surface area contributed by atoms with Gasteiger partial charge in [-0.3, -0.25) is 0 Å². The van der Waals surface area contributed by atoms with Crippen molar-refractivity contribution in [3.05, 3.63) is 42.0 Å². The van der Waals surface area contributed by atoms with E-state index in [2.05, 4.69) is 11.3 Å². The fraction of sp³-hybridized carbons (Fsp3) is 0.357. The minimum absolute atomic E-state index is 0.359. The number of methoxy groups -OCH3 is 1. The second kappa shape index (κ2) is 9.54. The van der Waals surface area contributed by atoms with Crippen LogP contribution in [0.15, 0.2) is 30.9 Å². The summed E-state index contributed by atoms with van der Waals surface area (Å²) in [6.45, 7) is 7.39. The molecule has 0 fully saturated rings. The van der Waals surface area contributed by atoms with E-state index in [4.69, 9.17) is 16.3 Å². The van der Waals surface area contributed by atoms with Crippen LogP contribution in [0.1, 0.15) is 18.1 Å². The predicted octanol–water partition coefficient (Wildman–Crippen LogP) is 3.48. The zero-order valence-corrected chi connectivity index (χ0v) is 11.8. The molecule has 0 spiro atoms. The molecule has 3 nitrogen and oxygen atoms in total. The van der Waals surface area contributed by atoms with Crippen LogP contribution in [0.2, 0.25) is 0 Å². The molecular weight excluding hydrogens is 252 g/mol. The fourth-order valence-corrected chi connectivity index (χ4v) is 1.52. The number of ether oxygens (including phenoxy) is 2. The normalized spacial score (nSPS) is 8.89. The van der Waals surface area contributed by atoms with Crippen LogP contribution in [-0.2, 0) is 15.4 Å². The molecule has 0 aromatic heterocycles. The number of hydrogen-bond donors (Lipinski definition) is 0. The van der Waals surface area contributed by atoms with Crippen molar-refractivity contribution in [3.8, 4) is 5.75 Å². The summed E-state index contributed by atoms with van der Waals surface area (Å²) in [5.74, 6) is 1.09. The molecule has 0 saturated heterocycles.